The molecule has 0 unspecified atom stereocenters. The van der Waals surface area contributed by atoms with Gasteiger partial charge in [0.1, 0.15) is 5.75 Å². The van der Waals surface area contributed by atoms with E-state index in [2.05, 4.69) is 9.72 Å². The van der Waals surface area contributed by atoms with Gasteiger partial charge in [-0.15, -0.1) is 0 Å². The number of hydrogen-bond donors (Lipinski definition) is 0. The average Bonchev–Trinajstić information content (AvgIpc) is 3.43. The van der Waals surface area contributed by atoms with Crippen LogP contribution in [-0.2, 0) is 4.79 Å². The molecule has 4 rings (SSSR count). The predicted octanol–water partition coefficient (Wildman–Crippen LogP) is 5.16. The molecule has 2 aromatic carbocycles. The highest BCUT2D eigenvalue weighted by Crippen LogP contribution is 2.31. The Bertz CT molecular complexity index is 1030. The molecular weight excluding hydrogens is 420 g/mol. The molecule has 1 saturated heterocycles. The number of aromatic nitrogens is 2. The van der Waals surface area contributed by atoms with Gasteiger partial charge in [0, 0.05) is 24.3 Å². The molecule has 0 bridgehead atoms. The maximum atomic E-state index is 12.5. The molecule has 5 nitrogen and oxygen atoms in total. The number of alkyl halides is 2. The molecule has 1 aliphatic heterocycles. The number of aryl methyl sites for hydroxylation is 1. The zero-order valence-electron chi connectivity index (χ0n) is 17.1. The van der Waals surface area contributed by atoms with Crippen LogP contribution in [0.2, 0.25) is 0 Å². The van der Waals surface area contributed by atoms with Crippen molar-refractivity contribution in [3.05, 3.63) is 60.3 Å². The lowest BCUT2D eigenvalue weighted by Crippen LogP contribution is -2.29. The molecular formula is C23H23F2N3O2S. The van der Waals surface area contributed by atoms with Crippen LogP contribution < -0.4 is 4.74 Å². The minimum atomic E-state index is -2.87. The number of nitrogens with zero attached hydrogens (tertiary/aromatic N) is 3. The molecule has 1 aliphatic rings. The number of rotatable bonds is 7. The van der Waals surface area contributed by atoms with E-state index in [0.29, 0.717) is 10.9 Å². The highest BCUT2D eigenvalue weighted by molar-refractivity contribution is 7.99. The van der Waals surface area contributed by atoms with Crippen molar-refractivity contribution in [3.63, 3.8) is 0 Å². The third-order valence-electron chi connectivity index (χ3n) is 5.18. The molecule has 0 N–H and O–H groups in total. The summed E-state index contributed by atoms with van der Waals surface area (Å²) in [6.07, 6.45) is 3.88. The quantitative estimate of drug-likeness (QED) is 0.473. The number of imidazole rings is 1. The molecule has 0 spiro atoms. The van der Waals surface area contributed by atoms with Crippen molar-refractivity contribution in [1.82, 2.24) is 14.5 Å². The van der Waals surface area contributed by atoms with Gasteiger partial charge in [-0.3, -0.25) is 9.36 Å². The van der Waals surface area contributed by atoms with Crippen molar-refractivity contribution in [2.45, 2.75) is 31.5 Å². The second-order valence-corrected chi connectivity index (χ2v) is 8.32. The second kappa shape index (κ2) is 9.51. The van der Waals surface area contributed by atoms with E-state index < -0.39 is 6.61 Å². The first-order valence-electron chi connectivity index (χ1n) is 10.1. The zero-order chi connectivity index (χ0) is 21.8. The molecule has 1 fully saturated rings. The van der Waals surface area contributed by atoms with Gasteiger partial charge in [0.15, 0.2) is 5.16 Å². The van der Waals surface area contributed by atoms with Crippen LogP contribution in [0, 0.1) is 6.92 Å². The molecule has 0 radical (unpaired) electrons. The summed E-state index contributed by atoms with van der Waals surface area (Å²) in [7, 11) is 0. The van der Waals surface area contributed by atoms with Gasteiger partial charge >= 0.3 is 6.61 Å². The molecule has 31 heavy (non-hydrogen) atoms. The standard InChI is InChI=1S/C23H23F2N3O2S/c1-16-4-6-17(7-5-16)20-14-26-23(31-15-21(29)27-12-2-3-13-27)28(20)18-8-10-19(11-9-18)30-22(24)25/h4-11,14,22H,2-3,12-13,15H2,1H3. The van der Waals surface area contributed by atoms with E-state index in [1.54, 1.807) is 18.3 Å². The lowest BCUT2D eigenvalue weighted by Gasteiger charge is -2.16. The summed E-state index contributed by atoms with van der Waals surface area (Å²) in [6.45, 7) is 0.779. The lowest BCUT2D eigenvalue weighted by molar-refractivity contribution is -0.127. The van der Waals surface area contributed by atoms with Crippen molar-refractivity contribution >= 4 is 17.7 Å². The third kappa shape index (κ3) is 5.07. The van der Waals surface area contributed by atoms with E-state index in [9.17, 15) is 13.6 Å². The highest BCUT2D eigenvalue weighted by Gasteiger charge is 2.20. The van der Waals surface area contributed by atoms with Gasteiger partial charge in [0.25, 0.3) is 0 Å². The minimum Gasteiger partial charge on any atom is -0.435 e. The summed E-state index contributed by atoms with van der Waals surface area (Å²) >= 11 is 1.38. The molecule has 0 atom stereocenters. The van der Waals surface area contributed by atoms with E-state index in [1.807, 2.05) is 40.7 Å². The molecule has 1 amide bonds. The fourth-order valence-electron chi connectivity index (χ4n) is 3.57. The van der Waals surface area contributed by atoms with Crippen LogP contribution in [0.1, 0.15) is 18.4 Å². The number of thioether (sulfide) groups is 1. The number of hydrogen-bond acceptors (Lipinski definition) is 4. The number of benzene rings is 2. The minimum absolute atomic E-state index is 0.0918. The number of carbonyl (C=O) groups is 1. The fourth-order valence-corrected chi connectivity index (χ4v) is 4.47. The molecule has 8 heteroatoms. The summed E-state index contributed by atoms with van der Waals surface area (Å²) in [4.78, 5) is 19.0. The number of likely N-dealkylation sites (tertiary alicyclic amines) is 1. The number of amides is 1. The Morgan fingerprint density at radius 3 is 2.42 bits per heavy atom. The van der Waals surface area contributed by atoms with Gasteiger partial charge in [0.05, 0.1) is 17.6 Å². The van der Waals surface area contributed by atoms with Crippen LogP contribution in [-0.4, -0.2) is 45.8 Å². The van der Waals surface area contributed by atoms with E-state index in [1.165, 1.54) is 23.9 Å². The van der Waals surface area contributed by atoms with Gasteiger partial charge in [-0.1, -0.05) is 41.6 Å². The SMILES string of the molecule is Cc1ccc(-c2cnc(SCC(=O)N3CCCC3)n2-c2ccc(OC(F)F)cc2)cc1. The number of halogens is 2. The van der Waals surface area contributed by atoms with Crippen molar-refractivity contribution in [2.24, 2.45) is 0 Å². The van der Waals surface area contributed by atoms with Crippen LogP contribution >= 0.6 is 11.8 Å². The van der Waals surface area contributed by atoms with E-state index in [-0.39, 0.29) is 11.7 Å². The fraction of sp³-hybridized carbons (Fsp3) is 0.304. The van der Waals surface area contributed by atoms with Crippen molar-refractivity contribution in [1.29, 1.82) is 0 Å². The zero-order valence-corrected chi connectivity index (χ0v) is 17.9. The Kier molecular flexibility index (Phi) is 6.56. The monoisotopic (exact) mass is 443 g/mol. The largest absolute Gasteiger partial charge is 0.435 e. The molecule has 0 aliphatic carbocycles. The van der Waals surface area contributed by atoms with Crippen LogP contribution in [0.5, 0.6) is 5.75 Å². The van der Waals surface area contributed by atoms with E-state index in [4.69, 9.17) is 0 Å². The maximum Gasteiger partial charge on any atom is 0.387 e. The van der Waals surface area contributed by atoms with Gasteiger partial charge < -0.3 is 9.64 Å². The number of carbonyl (C=O) groups excluding carboxylic acids is 1. The van der Waals surface area contributed by atoms with E-state index in [0.717, 1.165) is 48.4 Å². The highest BCUT2D eigenvalue weighted by atomic mass is 32.2. The Labute approximate surface area is 184 Å². The normalized spacial score (nSPS) is 13.7. The molecule has 0 saturated carbocycles. The van der Waals surface area contributed by atoms with Crippen LogP contribution in [0.25, 0.3) is 16.9 Å². The van der Waals surface area contributed by atoms with Gasteiger partial charge in [-0.2, -0.15) is 8.78 Å². The Balaban J connectivity index is 1.64. The van der Waals surface area contributed by atoms with Gasteiger partial charge in [-0.05, 0) is 44.0 Å². The molecule has 1 aromatic heterocycles. The first kappa shape index (κ1) is 21.4. The predicted molar refractivity (Wildman–Crippen MR) is 117 cm³/mol. The lowest BCUT2D eigenvalue weighted by atomic mass is 10.1. The van der Waals surface area contributed by atoms with E-state index >= 15 is 0 Å². The topological polar surface area (TPSA) is 47.4 Å². The summed E-state index contributed by atoms with van der Waals surface area (Å²) < 4.78 is 31.4. The Morgan fingerprint density at radius 1 is 1.10 bits per heavy atom. The molecule has 2 heterocycles. The van der Waals surface area contributed by atoms with Crippen molar-refractivity contribution in [2.75, 3.05) is 18.8 Å². The third-order valence-corrected chi connectivity index (χ3v) is 6.12. The average molecular weight is 444 g/mol. The Hall–Kier alpha value is -2.87. The summed E-state index contributed by atoms with van der Waals surface area (Å²) in [5.74, 6) is 0.500. The first-order chi connectivity index (χ1) is 15.0. The number of ether oxygens (including phenoxy) is 1. The second-order valence-electron chi connectivity index (χ2n) is 7.38. The Morgan fingerprint density at radius 2 is 1.77 bits per heavy atom. The van der Waals surface area contributed by atoms with Crippen molar-refractivity contribution in [3.8, 4) is 22.7 Å². The summed E-state index contributed by atoms with van der Waals surface area (Å²) in [5.41, 5.74) is 3.74. The maximum absolute atomic E-state index is 12.5. The molecule has 162 valence electrons. The summed E-state index contributed by atoms with van der Waals surface area (Å²) in [6, 6.07) is 14.5. The first-order valence-corrected chi connectivity index (χ1v) is 11.1. The summed E-state index contributed by atoms with van der Waals surface area (Å²) in [5, 5.41) is 0.672. The molecule has 3 aromatic rings. The van der Waals surface area contributed by atoms with Gasteiger partial charge in [-0.25, -0.2) is 4.98 Å². The van der Waals surface area contributed by atoms with Crippen LogP contribution in [0.3, 0.4) is 0 Å². The van der Waals surface area contributed by atoms with Gasteiger partial charge in [0.2, 0.25) is 5.91 Å². The van der Waals surface area contributed by atoms with Crippen LogP contribution in [0.4, 0.5) is 8.78 Å². The van der Waals surface area contributed by atoms with Crippen LogP contribution in [0.15, 0.2) is 59.9 Å². The smallest absolute Gasteiger partial charge is 0.387 e. The van der Waals surface area contributed by atoms with Crippen molar-refractivity contribution < 1.29 is 18.3 Å².